The molecule has 2 saturated heterocycles. The van der Waals surface area contributed by atoms with Gasteiger partial charge in [-0.05, 0) is 27.2 Å². The van der Waals surface area contributed by atoms with E-state index < -0.39 is 17.2 Å². The SMILES string of the molecule is CCC[C@@H]1C(=O)NC2(CN(C(=O)OC(C)(C)C)C2=O)[C@@H]1C. The Hall–Kier alpha value is -1.59. The van der Waals surface area contributed by atoms with Crippen LogP contribution in [0.5, 0.6) is 0 Å². The Kier molecular flexibility index (Phi) is 3.76. The largest absolute Gasteiger partial charge is 0.443 e. The lowest BCUT2D eigenvalue weighted by molar-refractivity contribution is -0.154. The van der Waals surface area contributed by atoms with Gasteiger partial charge < -0.3 is 10.1 Å². The summed E-state index contributed by atoms with van der Waals surface area (Å²) in [7, 11) is 0. The molecule has 2 aliphatic rings. The maximum Gasteiger partial charge on any atom is 0.417 e. The average molecular weight is 296 g/mol. The minimum Gasteiger partial charge on any atom is -0.443 e. The third-order valence-electron chi connectivity index (χ3n) is 4.31. The van der Waals surface area contributed by atoms with E-state index in [0.29, 0.717) is 0 Å². The molecule has 2 heterocycles. The van der Waals surface area contributed by atoms with Crippen LogP contribution in [0.1, 0.15) is 47.5 Å². The quantitative estimate of drug-likeness (QED) is 0.787. The highest BCUT2D eigenvalue weighted by atomic mass is 16.6. The second kappa shape index (κ2) is 5.00. The van der Waals surface area contributed by atoms with Crippen molar-refractivity contribution in [1.82, 2.24) is 10.2 Å². The molecule has 6 nitrogen and oxygen atoms in total. The first kappa shape index (κ1) is 15.8. The van der Waals surface area contributed by atoms with Crippen molar-refractivity contribution in [1.29, 1.82) is 0 Å². The molecule has 118 valence electrons. The molecular formula is C15H24N2O4. The molecule has 1 spiro atoms. The maximum absolute atomic E-state index is 12.4. The van der Waals surface area contributed by atoms with Crippen LogP contribution < -0.4 is 5.32 Å². The predicted molar refractivity (Wildman–Crippen MR) is 76.4 cm³/mol. The van der Waals surface area contributed by atoms with E-state index in [9.17, 15) is 14.4 Å². The number of hydrogen-bond acceptors (Lipinski definition) is 4. The highest BCUT2D eigenvalue weighted by Gasteiger charge is 2.65. The summed E-state index contributed by atoms with van der Waals surface area (Å²) in [6, 6.07) is 0. The van der Waals surface area contributed by atoms with Crippen molar-refractivity contribution < 1.29 is 19.1 Å². The van der Waals surface area contributed by atoms with Gasteiger partial charge in [0.05, 0.1) is 6.54 Å². The first-order chi connectivity index (χ1) is 9.62. The average Bonchev–Trinajstić information content (AvgIpc) is 2.60. The predicted octanol–water partition coefficient (Wildman–Crippen LogP) is 1.68. The van der Waals surface area contributed by atoms with Crippen molar-refractivity contribution in [2.45, 2.75) is 58.6 Å². The van der Waals surface area contributed by atoms with Crippen LogP contribution >= 0.6 is 0 Å². The number of carbonyl (C=O) groups excluding carboxylic acids is 3. The fraction of sp³-hybridized carbons (Fsp3) is 0.800. The standard InChI is InChI=1S/C15H24N2O4/c1-6-7-10-9(2)15(16-11(10)18)8-17(12(15)19)13(20)21-14(3,4)5/h9-10H,6-8H2,1-5H3,(H,16,18)/t9-,10+,15?/m1/s1. The van der Waals surface area contributed by atoms with Crippen molar-refractivity contribution in [3.8, 4) is 0 Å². The molecule has 6 heteroatoms. The van der Waals surface area contributed by atoms with Crippen LogP contribution in [0.25, 0.3) is 0 Å². The van der Waals surface area contributed by atoms with Crippen LogP contribution in [0.4, 0.5) is 4.79 Å². The lowest BCUT2D eigenvalue weighted by Crippen LogP contribution is -2.75. The minimum absolute atomic E-state index is 0.0819. The van der Waals surface area contributed by atoms with Gasteiger partial charge in [0.25, 0.3) is 5.91 Å². The van der Waals surface area contributed by atoms with E-state index in [1.54, 1.807) is 20.8 Å². The minimum atomic E-state index is -0.909. The Morgan fingerprint density at radius 1 is 1.43 bits per heavy atom. The molecule has 0 bridgehead atoms. The number of nitrogens with zero attached hydrogens (tertiary/aromatic N) is 1. The maximum atomic E-state index is 12.4. The summed E-state index contributed by atoms with van der Waals surface area (Å²) in [6.45, 7) is 9.38. The van der Waals surface area contributed by atoms with Gasteiger partial charge in [-0.3, -0.25) is 9.59 Å². The molecule has 2 rings (SSSR count). The van der Waals surface area contributed by atoms with Gasteiger partial charge in [-0.15, -0.1) is 0 Å². The Morgan fingerprint density at radius 3 is 2.52 bits per heavy atom. The molecule has 0 aliphatic carbocycles. The van der Waals surface area contributed by atoms with E-state index in [0.717, 1.165) is 17.7 Å². The summed E-state index contributed by atoms with van der Waals surface area (Å²) in [6.07, 6.45) is 1.01. The summed E-state index contributed by atoms with van der Waals surface area (Å²) < 4.78 is 5.20. The van der Waals surface area contributed by atoms with Crippen LogP contribution in [-0.2, 0) is 14.3 Å². The zero-order valence-corrected chi connectivity index (χ0v) is 13.4. The van der Waals surface area contributed by atoms with Gasteiger partial charge in [0.1, 0.15) is 11.1 Å². The summed E-state index contributed by atoms with van der Waals surface area (Å²) in [4.78, 5) is 37.5. The fourth-order valence-electron chi connectivity index (χ4n) is 3.12. The zero-order chi connectivity index (χ0) is 16.0. The third kappa shape index (κ3) is 2.51. The van der Waals surface area contributed by atoms with Gasteiger partial charge in [0, 0.05) is 11.8 Å². The van der Waals surface area contributed by atoms with Crippen molar-refractivity contribution in [2.75, 3.05) is 6.54 Å². The van der Waals surface area contributed by atoms with Gasteiger partial charge >= 0.3 is 6.09 Å². The van der Waals surface area contributed by atoms with Gasteiger partial charge in [-0.1, -0.05) is 20.3 Å². The van der Waals surface area contributed by atoms with Crippen LogP contribution in [0.3, 0.4) is 0 Å². The zero-order valence-electron chi connectivity index (χ0n) is 13.4. The molecule has 0 saturated carbocycles. The lowest BCUT2D eigenvalue weighted by atomic mass is 9.74. The topological polar surface area (TPSA) is 75.7 Å². The normalized spacial score (nSPS) is 32.1. The molecule has 0 aromatic carbocycles. The Labute approximate surface area is 125 Å². The molecule has 2 fully saturated rings. The summed E-state index contributed by atoms with van der Waals surface area (Å²) in [5, 5.41) is 2.81. The number of amides is 3. The molecule has 0 aromatic rings. The van der Waals surface area contributed by atoms with Crippen LogP contribution in [-0.4, -0.2) is 40.5 Å². The van der Waals surface area contributed by atoms with Gasteiger partial charge in [0.2, 0.25) is 5.91 Å². The Morgan fingerprint density at radius 2 is 2.05 bits per heavy atom. The number of hydrogen-bond donors (Lipinski definition) is 1. The number of β-lactam (4-membered cyclic amide) rings is 1. The molecular weight excluding hydrogens is 272 g/mol. The van der Waals surface area contributed by atoms with E-state index in [1.165, 1.54) is 0 Å². The summed E-state index contributed by atoms with van der Waals surface area (Å²) in [5.74, 6) is -0.686. The highest BCUT2D eigenvalue weighted by molar-refractivity contribution is 6.07. The molecule has 3 amide bonds. The smallest absolute Gasteiger partial charge is 0.417 e. The molecule has 0 aromatic heterocycles. The Balaban J connectivity index is 2.08. The third-order valence-corrected chi connectivity index (χ3v) is 4.31. The van der Waals surface area contributed by atoms with E-state index in [4.69, 9.17) is 4.74 Å². The first-order valence-corrected chi connectivity index (χ1v) is 7.49. The number of ether oxygens (including phenoxy) is 1. The lowest BCUT2D eigenvalue weighted by Gasteiger charge is -2.47. The molecule has 21 heavy (non-hydrogen) atoms. The summed E-state index contributed by atoms with van der Waals surface area (Å²) in [5.41, 5.74) is -1.55. The van der Waals surface area contributed by atoms with E-state index in [2.05, 4.69) is 5.32 Å². The van der Waals surface area contributed by atoms with E-state index >= 15 is 0 Å². The van der Waals surface area contributed by atoms with Crippen molar-refractivity contribution in [2.24, 2.45) is 11.8 Å². The molecule has 0 radical (unpaired) electrons. The second-order valence-electron chi connectivity index (χ2n) is 7.02. The van der Waals surface area contributed by atoms with Crippen molar-refractivity contribution in [3.05, 3.63) is 0 Å². The molecule has 3 atom stereocenters. The molecule has 1 N–H and O–H groups in total. The van der Waals surface area contributed by atoms with Crippen molar-refractivity contribution >= 4 is 17.9 Å². The van der Waals surface area contributed by atoms with Gasteiger partial charge in [-0.2, -0.15) is 0 Å². The van der Waals surface area contributed by atoms with E-state index in [1.807, 2.05) is 13.8 Å². The highest BCUT2D eigenvalue weighted by Crippen LogP contribution is 2.42. The number of rotatable bonds is 2. The Bertz CT molecular complexity index is 483. The van der Waals surface area contributed by atoms with Crippen LogP contribution in [0.15, 0.2) is 0 Å². The molecule has 1 unspecified atom stereocenters. The number of carbonyl (C=O) groups is 3. The van der Waals surface area contributed by atoms with Crippen molar-refractivity contribution in [3.63, 3.8) is 0 Å². The fourth-order valence-corrected chi connectivity index (χ4v) is 3.12. The summed E-state index contributed by atoms with van der Waals surface area (Å²) >= 11 is 0. The van der Waals surface area contributed by atoms with Gasteiger partial charge in [0.15, 0.2) is 0 Å². The monoisotopic (exact) mass is 296 g/mol. The van der Waals surface area contributed by atoms with Gasteiger partial charge in [-0.25, -0.2) is 9.69 Å². The number of imide groups is 1. The molecule has 2 aliphatic heterocycles. The number of nitrogens with one attached hydrogen (secondary N) is 1. The van der Waals surface area contributed by atoms with E-state index in [-0.39, 0.29) is 30.2 Å². The van der Waals surface area contributed by atoms with Crippen LogP contribution in [0.2, 0.25) is 0 Å². The first-order valence-electron chi connectivity index (χ1n) is 7.49. The second-order valence-corrected chi connectivity index (χ2v) is 7.02. The number of likely N-dealkylation sites (tertiary alicyclic amines) is 1. The van der Waals surface area contributed by atoms with Crippen LogP contribution in [0, 0.1) is 11.8 Å².